The number of aromatic nitrogens is 6. The number of nitrogens with zero attached hydrogens (tertiary/aromatic N) is 8. The predicted octanol–water partition coefficient (Wildman–Crippen LogP) is 17.5. The molecular weight excluding hydrogens is 1000 g/mol. The van der Waals surface area contributed by atoms with Crippen LogP contribution < -0.4 is 0 Å². The third-order valence-corrected chi connectivity index (χ3v) is 15.3. The van der Waals surface area contributed by atoms with Gasteiger partial charge >= 0.3 is 0 Å². The summed E-state index contributed by atoms with van der Waals surface area (Å²) < 4.78 is 19.2. The fourth-order valence-corrected chi connectivity index (χ4v) is 11.4. The van der Waals surface area contributed by atoms with Gasteiger partial charge in [-0.2, -0.15) is 10.5 Å². The van der Waals surface area contributed by atoms with Crippen LogP contribution in [0.2, 0.25) is 0 Å². The summed E-state index contributed by atoms with van der Waals surface area (Å²) in [5.41, 5.74) is 12.4. The second kappa shape index (κ2) is 18.0. The average Bonchev–Trinajstić information content (AvgIpc) is 4.33. The van der Waals surface area contributed by atoms with E-state index < -0.39 is 0 Å². The van der Waals surface area contributed by atoms with Crippen molar-refractivity contribution >= 4 is 87.4 Å². The van der Waals surface area contributed by atoms with Gasteiger partial charge in [-0.15, -0.1) is 0 Å². The summed E-state index contributed by atoms with van der Waals surface area (Å²) in [7, 11) is 0. The molecule has 16 rings (SSSR count). The molecule has 81 heavy (non-hydrogen) atoms. The molecule has 0 saturated heterocycles. The Hall–Kier alpha value is -11.7. The van der Waals surface area contributed by atoms with Gasteiger partial charge in [0.25, 0.3) is 0 Å². The molecule has 11 nitrogen and oxygen atoms in total. The van der Waals surface area contributed by atoms with E-state index in [2.05, 4.69) is 84.9 Å². The lowest BCUT2D eigenvalue weighted by Crippen LogP contribution is -2.01. The van der Waals surface area contributed by atoms with Crippen LogP contribution in [0.15, 0.2) is 232 Å². The van der Waals surface area contributed by atoms with Gasteiger partial charge < -0.3 is 13.3 Å². The molecular formula is C70H36N8O3. The molecule has 5 aromatic heterocycles. The maximum Gasteiger partial charge on any atom is 0.164 e. The molecule has 0 unspecified atom stereocenters. The first kappa shape index (κ1) is 45.5. The number of nitriles is 2. The molecule has 5 heterocycles. The maximum absolute atomic E-state index is 9.63. The van der Waals surface area contributed by atoms with Crippen molar-refractivity contribution in [1.29, 1.82) is 10.5 Å². The van der Waals surface area contributed by atoms with Crippen molar-refractivity contribution in [2.24, 2.45) is 0 Å². The summed E-state index contributed by atoms with van der Waals surface area (Å²) in [4.78, 5) is 30.7. The second-order valence-electron chi connectivity index (χ2n) is 20.0. The first-order valence-corrected chi connectivity index (χ1v) is 26.3. The monoisotopic (exact) mass is 1040 g/mol. The van der Waals surface area contributed by atoms with Gasteiger partial charge in [0.15, 0.2) is 34.9 Å². The number of hydrogen-bond donors (Lipinski definition) is 0. The summed E-state index contributed by atoms with van der Waals surface area (Å²) >= 11 is 0. The van der Waals surface area contributed by atoms with Gasteiger partial charge in [-0.25, -0.2) is 29.9 Å². The topological polar surface area (TPSA) is 164 Å². The van der Waals surface area contributed by atoms with Gasteiger partial charge in [0.1, 0.15) is 33.5 Å². The zero-order valence-electron chi connectivity index (χ0n) is 42.6. The fourth-order valence-electron chi connectivity index (χ4n) is 11.4. The van der Waals surface area contributed by atoms with Gasteiger partial charge in [0.05, 0.1) is 23.3 Å². The van der Waals surface area contributed by atoms with Crippen LogP contribution >= 0.6 is 0 Å². The van der Waals surface area contributed by atoms with E-state index in [1.165, 1.54) is 0 Å². The Labute approximate surface area is 460 Å². The minimum atomic E-state index is 0.483. The van der Waals surface area contributed by atoms with Gasteiger partial charge in [-0.1, -0.05) is 115 Å². The molecule has 374 valence electrons. The number of fused-ring (bicyclic) bond motifs is 13. The standard InChI is InChI=1S/C70H36N8O3/c71-37-39-16-20-41(21-17-39)65-73-67(46-25-29-49-43(34-46)27-32-59-62(49)52-10-3-5-13-56(52)80-59)77-69(75-65)51-9-2-1-8-48(51)45-24-31-54-61(36-45)81-60-33-28-44-35-47(26-30-50(44)63(54)60)68-74-66(42-22-18-40(38-72)19-23-42)76-70(78-68)55-12-7-15-58-64(55)53-11-4-6-14-57(53)79-58/h1-36H. The molecule has 0 spiro atoms. The summed E-state index contributed by atoms with van der Waals surface area (Å²) in [5, 5.41) is 29.3. The Balaban J connectivity index is 0.795. The van der Waals surface area contributed by atoms with E-state index in [-0.39, 0.29) is 0 Å². The van der Waals surface area contributed by atoms with Crippen molar-refractivity contribution in [2.45, 2.75) is 0 Å². The highest BCUT2D eigenvalue weighted by molar-refractivity contribution is 6.21. The molecule has 0 atom stereocenters. The van der Waals surface area contributed by atoms with Crippen LogP contribution in [-0.2, 0) is 0 Å². The molecule has 0 aliphatic carbocycles. The Bertz CT molecular complexity index is 5390. The lowest BCUT2D eigenvalue weighted by molar-refractivity contribution is 0.668. The smallest absolute Gasteiger partial charge is 0.164 e. The molecule has 0 amide bonds. The molecule has 0 saturated carbocycles. The minimum absolute atomic E-state index is 0.483. The van der Waals surface area contributed by atoms with Crippen molar-refractivity contribution in [2.75, 3.05) is 0 Å². The highest BCUT2D eigenvalue weighted by atomic mass is 16.3. The summed E-state index contributed by atoms with van der Waals surface area (Å²) in [6, 6.07) is 76.2. The SMILES string of the molecule is N#Cc1ccc(-c2nc(-c3ccc4c(ccc5oc6ccccc6c54)c3)nc(-c3ccccc3-c3ccc4c(c3)oc3ccc5cc(-c6nc(-c7ccc(C#N)cc7)nc(-c7cccc8oc9ccccc9c78)n6)ccc5c34)n2)cc1. The second-order valence-corrected chi connectivity index (χ2v) is 20.0. The summed E-state index contributed by atoms with van der Waals surface area (Å²) in [5.74, 6) is 2.98. The molecule has 0 aliphatic rings. The Kier molecular flexibility index (Phi) is 10.1. The fraction of sp³-hybridized carbons (Fsp3) is 0. The van der Waals surface area contributed by atoms with Crippen molar-refractivity contribution < 1.29 is 13.3 Å². The minimum Gasteiger partial charge on any atom is -0.456 e. The highest BCUT2D eigenvalue weighted by Crippen LogP contribution is 2.42. The molecule has 0 aliphatic heterocycles. The van der Waals surface area contributed by atoms with Crippen LogP contribution in [0.25, 0.3) is 167 Å². The molecule has 11 aromatic carbocycles. The van der Waals surface area contributed by atoms with Crippen LogP contribution in [0.5, 0.6) is 0 Å². The van der Waals surface area contributed by atoms with Crippen molar-refractivity contribution in [3.8, 4) is 91.6 Å². The lowest BCUT2D eigenvalue weighted by Gasteiger charge is -2.12. The van der Waals surface area contributed by atoms with Crippen LogP contribution in [0.1, 0.15) is 11.1 Å². The summed E-state index contributed by atoms with van der Waals surface area (Å²) in [6.07, 6.45) is 0. The van der Waals surface area contributed by atoms with Crippen molar-refractivity contribution in [1.82, 2.24) is 29.9 Å². The zero-order chi connectivity index (χ0) is 53.7. The van der Waals surface area contributed by atoms with Crippen LogP contribution in [0.4, 0.5) is 0 Å². The average molecular weight is 1040 g/mol. The van der Waals surface area contributed by atoms with Crippen molar-refractivity contribution in [3.63, 3.8) is 0 Å². The molecule has 11 heteroatoms. The van der Waals surface area contributed by atoms with E-state index in [9.17, 15) is 10.5 Å². The van der Waals surface area contributed by atoms with Gasteiger partial charge in [-0.3, -0.25) is 0 Å². The Morgan fingerprint density at radius 1 is 0.259 bits per heavy atom. The normalized spacial score (nSPS) is 11.7. The molecule has 0 bridgehead atoms. The third-order valence-electron chi connectivity index (χ3n) is 15.3. The highest BCUT2D eigenvalue weighted by Gasteiger charge is 2.22. The lowest BCUT2D eigenvalue weighted by atomic mass is 9.96. The largest absolute Gasteiger partial charge is 0.456 e. The summed E-state index contributed by atoms with van der Waals surface area (Å²) in [6.45, 7) is 0. The molecule has 0 fully saturated rings. The molecule has 0 radical (unpaired) electrons. The van der Waals surface area contributed by atoms with E-state index in [1.54, 1.807) is 24.3 Å². The number of rotatable bonds is 7. The first-order valence-electron chi connectivity index (χ1n) is 26.3. The predicted molar refractivity (Wildman–Crippen MR) is 318 cm³/mol. The van der Waals surface area contributed by atoms with Crippen LogP contribution in [0.3, 0.4) is 0 Å². The van der Waals surface area contributed by atoms with Gasteiger partial charge in [0, 0.05) is 65.7 Å². The third kappa shape index (κ3) is 7.49. The van der Waals surface area contributed by atoms with Crippen molar-refractivity contribution in [3.05, 3.63) is 230 Å². The number of furan rings is 3. The molecule has 0 N–H and O–H groups in total. The first-order chi connectivity index (χ1) is 40.0. The van der Waals surface area contributed by atoms with Gasteiger partial charge in [-0.05, 0) is 136 Å². The zero-order valence-corrected chi connectivity index (χ0v) is 42.6. The van der Waals surface area contributed by atoms with E-state index in [0.29, 0.717) is 46.1 Å². The Morgan fingerprint density at radius 3 is 1.22 bits per heavy atom. The van der Waals surface area contributed by atoms with E-state index in [0.717, 1.165) is 132 Å². The molecule has 16 aromatic rings. The number of hydrogen-bond acceptors (Lipinski definition) is 11. The maximum atomic E-state index is 9.63. The number of benzene rings is 11. The van der Waals surface area contributed by atoms with E-state index in [1.807, 2.05) is 121 Å². The Morgan fingerprint density at radius 2 is 0.654 bits per heavy atom. The van der Waals surface area contributed by atoms with E-state index in [4.69, 9.17) is 43.2 Å². The van der Waals surface area contributed by atoms with Gasteiger partial charge in [0.2, 0.25) is 0 Å². The van der Waals surface area contributed by atoms with E-state index >= 15 is 0 Å². The number of para-hydroxylation sites is 2. The van der Waals surface area contributed by atoms with Crippen LogP contribution in [0, 0.1) is 22.7 Å². The quantitative estimate of drug-likeness (QED) is 0.149. The van der Waals surface area contributed by atoms with Crippen LogP contribution in [-0.4, -0.2) is 29.9 Å².